The van der Waals surface area contributed by atoms with Crippen molar-refractivity contribution < 1.29 is 8.42 Å². The number of rotatable bonds is 2. The average molecular weight is 246 g/mol. The highest BCUT2D eigenvalue weighted by atomic mass is 32.2. The Hall–Kier alpha value is -0.460. The standard InChI is InChI=1S/C9H14N2O2S2/c1-7-5-14-8(11-7)9(10-2)3-4-15(12,13)6-9/h5,10H,3-4,6H2,1-2H3. The van der Waals surface area contributed by atoms with Gasteiger partial charge in [0.2, 0.25) is 0 Å². The monoisotopic (exact) mass is 246 g/mol. The Morgan fingerprint density at radius 2 is 2.33 bits per heavy atom. The second-order valence-electron chi connectivity index (χ2n) is 3.97. The second-order valence-corrected chi connectivity index (χ2v) is 7.01. The molecule has 2 heterocycles. The van der Waals surface area contributed by atoms with Gasteiger partial charge in [-0.3, -0.25) is 0 Å². The third-order valence-corrected chi connectivity index (χ3v) is 5.74. The molecule has 1 aliphatic rings. The third kappa shape index (κ3) is 1.93. The summed E-state index contributed by atoms with van der Waals surface area (Å²) in [7, 11) is -1.10. The summed E-state index contributed by atoms with van der Waals surface area (Å²) < 4.78 is 23.0. The molecule has 1 saturated heterocycles. The van der Waals surface area contributed by atoms with Crippen LogP contribution in [0.25, 0.3) is 0 Å². The summed E-state index contributed by atoms with van der Waals surface area (Å²) in [5.74, 6) is 0.427. The van der Waals surface area contributed by atoms with E-state index < -0.39 is 15.4 Å². The Morgan fingerprint density at radius 1 is 1.60 bits per heavy atom. The van der Waals surface area contributed by atoms with E-state index in [-0.39, 0.29) is 11.5 Å². The molecule has 4 nitrogen and oxygen atoms in total. The molecule has 6 heteroatoms. The topological polar surface area (TPSA) is 59.1 Å². The fourth-order valence-electron chi connectivity index (χ4n) is 1.90. The van der Waals surface area contributed by atoms with Crippen molar-refractivity contribution in [3.63, 3.8) is 0 Å². The van der Waals surface area contributed by atoms with Gasteiger partial charge in [0, 0.05) is 11.1 Å². The highest BCUT2D eigenvalue weighted by molar-refractivity contribution is 7.91. The average Bonchev–Trinajstić information content (AvgIpc) is 2.71. The van der Waals surface area contributed by atoms with E-state index in [1.807, 2.05) is 12.3 Å². The number of hydrogen-bond acceptors (Lipinski definition) is 5. The van der Waals surface area contributed by atoms with Gasteiger partial charge in [-0.2, -0.15) is 0 Å². The van der Waals surface area contributed by atoms with Gasteiger partial charge in [-0.15, -0.1) is 11.3 Å². The highest BCUT2D eigenvalue weighted by Gasteiger charge is 2.44. The van der Waals surface area contributed by atoms with E-state index in [4.69, 9.17) is 0 Å². The Kier molecular flexibility index (Phi) is 2.60. The minimum absolute atomic E-state index is 0.170. The zero-order valence-electron chi connectivity index (χ0n) is 8.78. The van der Waals surface area contributed by atoms with Crippen LogP contribution in [-0.4, -0.2) is 32.0 Å². The molecule has 0 aromatic carbocycles. The minimum Gasteiger partial charge on any atom is -0.308 e. The van der Waals surface area contributed by atoms with Crippen LogP contribution >= 0.6 is 11.3 Å². The lowest BCUT2D eigenvalue weighted by atomic mass is 10.0. The number of nitrogens with one attached hydrogen (secondary N) is 1. The molecule has 0 amide bonds. The first-order valence-electron chi connectivity index (χ1n) is 4.79. The van der Waals surface area contributed by atoms with Gasteiger partial charge in [0.1, 0.15) is 5.01 Å². The van der Waals surface area contributed by atoms with Crippen molar-refractivity contribution in [3.8, 4) is 0 Å². The van der Waals surface area contributed by atoms with E-state index in [9.17, 15) is 8.42 Å². The van der Waals surface area contributed by atoms with Gasteiger partial charge < -0.3 is 5.32 Å². The number of thiazole rings is 1. The maximum absolute atomic E-state index is 11.5. The fraction of sp³-hybridized carbons (Fsp3) is 0.667. The molecule has 84 valence electrons. The van der Waals surface area contributed by atoms with Crippen LogP contribution in [0.3, 0.4) is 0 Å². The Bertz CT molecular complexity index is 466. The zero-order chi connectivity index (χ0) is 11.1. The van der Waals surface area contributed by atoms with Crippen molar-refractivity contribution in [3.05, 3.63) is 16.1 Å². The van der Waals surface area contributed by atoms with Gasteiger partial charge in [-0.05, 0) is 20.4 Å². The predicted octanol–water partition coefficient (Wildman–Crippen LogP) is 0.685. The van der Waals surface area contributed by atoms with Crippen LogP contribution in [-0.2, 0) is 15.4 Å². The summed E-state index contributed by atoms with van der Waals surface area (Å²) in [5, 5.41) is 5.98. The van der Waals surface area contributed by atoms with Crippen LogP contribution < -0.4 is 5.32 Å². The van der Waals surface area contributed by atoms with Crippen LogP contribution in [0.5, 0.6) is 0 Å². The van der Waals surface area contributed by atoms with E-state index >= 15 is 0 Å². The number of aryl methyl sites for hydroxylation is 1. The predicted molar refractivity (Wildman–Crippen MR) is 60.9 cm³/mol. The van der Waals surface area contributed by atoms with E-state index in [1.165, 1.54) is 11.3 Å². The first-order valence-corrected chi connectivity index (χ1v) is 7.49. The summed E-state index contributed by atoms with van der Waals surface area (Å²) >= 11 is 1.53. The molecule has 2 rings (SSSR count). The summed E-state index contributed by atoms with van der Waals surface area (Å²) in [6.45, 7) is 1.92. The van der Waals surface area contributed by atoms with Crippen molar-refractivity contribution in [2.75, 3.05) is 18.6 Å². The lowest BCUT2D eigenvalue weighted by molar-refractivity contribution is 0.408. The van der Waals surface area contributed by atoms with Crippen molar-refractivity contribution >= 4 is 21.2 Å². The second kappa shape index (κ2) is 3.54. The number of aromatic nitrogens is 1. The normalized spacial score (nSPS) is 29.5. The smallest absolute Gasteiger partial charge is 0.152 e. The molecular formula is C9H14N2O2S2. The molecule has 1 N–H and O–H groups in total. The van der Waals surface area contributed by atoms with Crippen LogP contribution in [0.15, 0.2) is 5.38 Å². The third-order valence-electron chi connectivity index (χ3n) is 2.81. The van der Waals surface area contributed by atoms with E-state index in [0.29, 0.717) is 6.42 Å². The minimum atomic E-state index is -2.90. The van der Waals surface area contributed by atoms with Crippen molar-refractivity contribution in [1.29, 1.82) is 0 Å². The zero-order valence-corrected chi connectivity index (χ0v) is 10.4. The highest BCUT2D eigenvalue weighted by Crippen LogP contribution is 2.34. The number of sulfone groups is 1. The van der Waals surface area contributed by atoms with Crippen LogP contribution in [0.2, 0.25) is 0 Å². The molecule has 0 bridgehead atoms. The molecule has 0 radical (unpaired) electrons. The molecule has 1 aliphatic heterocycles. The molecule has 1 fully saturated rings. The molecule has 1 aromatic rings. The summed E-state index contributed by atoms with van der Waals surface area (Å²) in [6, 6.07) is 0. The number of hydrogen-bond donors (Lipinski definition) is 1. The van der Waals surface area contributed by atoms with Crippen molar-refractivity contribution in [2.45, 2.75) is 18.9 Å². The van der Waals surface area contributed by atoms with Gasteiger partial charge in [0.15, 0.2) is 9.84 Å². The van der Waals surface area contributed by atoms with E-state index in [1.54, 1.807) is 7.05 Å². The van der Waals surface area contributed by atoms with Crippen LogP contribution in [0.4, 0.5) is 0 Å². The van der Waals surface area contributed by atoms with Gasteiger partial charge in [-0.1, -0.05) is 0 Å². The lowest BCUT2D eigenvalue weighted by Crippen LogP contribution is -2.41. The first kappa shape index (κ1) is 11.0. The van der Waals surface area contributed by atoms with Crippen molar-refractivity contribution in [2.24, 2.45) is 0 Å². The fourth-order valence-corrected chi connectivity index (χ4v) is 5.00. The summed E-state index contributed by atoms with van der Waals surface area (Å²) in [4.78, 5) is 4.39. The van der Waals surface area contributed by atoms with E-state index in [0.717, 1.165) is 10.7 Å². The van der Waals surface area contributed by atoms with E-state index in [2.05, 4.69) is 10.3 Å². The van der Waals surface area contributed by atoms with Gasteiger partial charge >= 0.3 is 0 Å². The summed E-state index contributed by atoms with van der Waals surface area (Å²) in [6.07, 6.45) is 0.624. The largest absolute Gasteiger partial charge is 0.308 e. The van der Waals surface area contributed by atoms with Crippen LogP contribution in [0.1, 0.15) is 17.1 Å². The van der Waals surface area contributed by atoms with Crippen molar-refractivity contribution in [1.82, 2.24) is 10.3 Å². The SMILES string of the molecule is CNC1(c2nc(C)cs2)CCS(=O)(=O)C1. The maximum Gasteiger partial charge on any atom is 0.152 e. The van der Waals surface area contributed by atoms with Gasteiger partial charge in [-0.25, -0.2) is 13.4 Å². The van der Waals surface area contributed by atoms with Gasteiger partial charge in [0.05, 0.1) is 17.0 Å². The molecular weight excluding hydrogens is 232 g/mol. The summed E-state index contributed by atoms with van der Waals surface area (Å²) in [5.41, 5.74) is 0.506. The quantitative estimate of drug-likeness (QED) is 0.834. The molecule has 1 aromatic heterocycles. The maximum atomic E-state index is 11.5. The Morgan fingerprint density at radius 3 is 2.73 bits per heavy atom. The Labute approximate surface area is 93.7 Å². The number of nitrogens with zero attached hydrogens (tertiary/aromatic N) is 1. The molecule has 0 saturated carbocycles. The molecule has 1 atom stereocenters. The molecule has 0 aliphatic carbocycles. The van der Waals surface area contributed by atoms with Gasteiger partial charge in [0.25, 0.3) is 0 Å². The first-order chi connectivity index (χ1) is 6.97. The lowest BCUT2D eigenvalue weighted by Gasteiger charge is -2.24. The Balaban J connectivity index is 2.40. The van der Waals surface area contributed by atoms with Crippen LogP contribution in [0, 0.1) is 6.92 Å². The molecule has 1 unspecified atom stereocenters. The molecule has 15 heavy (non-hydrogen) atoms. The molecule has 0 spiro atoms.